The van der Waals surface area contributed by atoms with Crippen LogP contribution in [0, 0.1) is 11.3 Å². The van der Waals surface area contributed by atoms with E-state index in [4.69, 9.17) is 14.7 Å². The molecule has 0 saturated carbocycles. The van der Waals surface area contributed by atoms with E-state index in [9.17, 15) is 18.0 Å². The Morgan fingerprint density at radius 1 is 0.729 bits per heavy atom. The molecule has 0 heterocycles. The third kappa shape index (κ3) is 9.34. The second kappa shape index (κ2) is 15.9. The first-order valence-corrected chi connectivity index (χ1v) is 15.6. The van der Waals surface area contributed by atoms with E-state index in [1.165, 1.54) is 19.2 Å². The molecular formula is C40H35F3N2O3. The summed E-state index contributed by atoms with van der Waals surface area (Å²) in [5, 5.41) is 9.14. The maximum absolute atomic E-state index is 12.9. The number of benzene rings is 5. The zero-order valence-corrected chi connectivity index (χ0v) is 26.5. The molecule has 5 aromatic carbocycles. The lowest BCUT2D eigenvalue weighted by atomic mass is 10.0. The smallest absolute Gasteiger partial charge is 0.416 e. The fraction of sp³-hybridized carbons (Fsp3) is 0.200. The second-order valence-corrected chi connectivity index (χ2v) is 11.4. The van der Waals surface area contributed by atoms with Crippen LogP contribution in [0.3, 0.4) is 0 Å². The van der Waals surface area contributed by atoms with E-state index in [0.717, 1.165) is 71.6 Å². The van der Waals surface area contributed by atoms with Crippen LogP contribution in [0.2, 0.25) is 0 Å². The Morgan fingerprint density at radius 3 is 1.94 bits per heavy atom. The van der Waals surface area contributed by atoms with Crippen molar-refractivity contribution >= 4 is 5.97 Å². The standard InChI is InChI=1S/C40H35F3N2O3/c1-47-39(46)36-16-10-31(11-17-36)27-45(24-22-29-6-8-30(26-44)9-7-29)25-23-35-4-2-3-5-38(35)48-28-32-12-14-33(15-13-32)34-18-20-37(21-19-34)40(41,42)43/h2-21H,22-25,27-28H2,1H3. The Kier molecular flexibility index (Phi) is 11.3. The zero-order chi connectivity index (χ0) is 33.9. The van der Waals surface area contributed by atoms with Crippen LogP contribution >= 0.6 is 0 Å². The largest absolute Gasteiger partial charge is 0.489 e. The van der Waals surface area contributed by atoms with Crippen LogP contribution in [0.5, 0.6) is 5.75 Å². The van der Waals surface area contributed by atoms with E-state index in [2.05, 4.69) is 17.0 Å². The molecule has 5 aromatic rings. The van der Waals surface area contributed by atoms with Crippen LogP contribution in [-0.2, 0) is 36.9 Å². The van der Waals surface area contributed by atoms with Crippen LogP contribution in [0.4, 0.5) is 13.2 Å². The number of hydrogen-bond donors (Lipinski definition) is 0. The van der Waals surface area contributed by atoms with Gasteiger partial charge >= 0.3 is 12.1 Å². The van der Waals surface area contributed by atoms with Gasteiger partial charge in [0.25, 0.3) is 0 Å². The number of nitrogens with zero attached hydrogens (tertiary/aromatic N) is 2. The van der Waals surface area contributed by atoms with Gasteiger partial charge < -0.3 is 9.47 Å². The molecule has 0 unspecified atom stereocenters. The van der Waals surface area contributed by atoms with E-state index < -0.39 is 11.7 Å². The van der Waals surface area contributed by atoms with E-state index in [1.54, 1.807) is 12.1 Å². The number of esters is 1. The Labute approximate surface area is 278 Å². The van der Waals surface area contributed by atoms with Crippen LogP contribution in [0.1, 0.15) is 43.7 Å². The molecule has 0 bridgehead atoms. The van der Waals surface area contributed by atoms with Gasteiger partial charge in [-0.3, -0.25) is 4.90 Å². The quantitative estimate of drug-likeness (QED) is 0.119. The summed E-state index contributed by atoms with van der Waals surface area (Å²) >= 11 is 0. The van der Waals surface area contributed by atoms with E-state index >= 15 is 0 Å². The van der Waals surface area contributed by atoms with Gasteiger partial charge in [-0.25, -0.2) is 4.79 Å². The molecule has 5 rings (SSSR count). The molecule has 0 amide bonds. The fourth-order valence-electron chi connectivity index (χ4n) is 5.36. The molecule has 244 valence electrons. The number of rotatable bonds is 13. The number of nitriles is 1. The predicted octanol–water partition coefficient (Wildman–Crippen LogP) is 8.90. The third-order valence-electron chi connectivity index (χ3n) is 8.14. The third-order valence-corrected chi connectivity index (χ3v) is 8.14. The van der Waals surface area contributed by atoms with E-state index in [-0.39, 0.29) is 5.97 Å². The summed E-state index contributed by atoms with van der Waals surface area (Å²) in [6, 6.07) is 38.0. The van der Waals surface area contributed by atoms with Crippen molar-refractivity contribution in [2.24, 2.45) is 0 Å². The van der Waals surface area contributed by atoms with Gasteiger partial charge in [0, 0.05) is 19.6 Å². The van der Waals surface area contributed by atoms with Crippen LogP contribution in [0.15, 0.2) is 121 Å². The van der Waals surface area contributed by atoms with Gasteiger partial charge in [0.05, 0.1) is 29.9 Å². The first kappa shape index (κ1) is 34.0. The number of methoxy groups -OCH3 is 1. The highest BCUT2D eigenvalue weighted by atomic mass is 19.4. The lowest BCUT2D eigenvalue weighted by molar-refractivity contribution is -0.137. The molecule has 5 nitrogen and oxygen atoms in total. The highest BCUT2D eigenvalue weighted by molar-refractivity contribution is 5.89. The van der Waals surface area contributed by atoms with Gasteiger partial charge in [-0.05, 0) is 88.7 Å². The van der Waals surface area contributed by atoms with Crippen LogP contribution in [0.25, 0.3) is 11.1 Å². The number of alkyl halides is 3. The van der Waals surface area contributed by atoms with Gasteiger partial charge in [0.1, 0.15) is 12.4 Å². The summed E-state index contributed by atoms with van der Waals surface area (Å²) in [6.07, 6.45) is -2.80. The van der Waals surface area contributed by atoms with Gasteiger partial charge in [-0.2, -0.15) is 18.4 Å². The molecule has 48 heavy (non-hydrogen) atoms. The van der Waals surface area contributed by atoms with Crippen molar-refractivity contribution in [1.82, 2.24) is 4.90 Å². The summed E-state index contributed by atoms with van der Waals surface area (Å²) < 4.78 is 49.9. The number of carbonyl (C=O) groups is 1. The molecule has 0 atom stereocenters. The maximum Gasteiger partial charge on any atom is 0.416 e. The molecule has 0 aliphatic heterocycles. The summed E-state index contributed by atoms with van der Waals surface area (Å²) in [5.74, 6) is 0.421. The van der Waals surface area contributed by atoms with Crippen molar-refractivity contribution in [2.45, 2.75) is 32.2 Å². The van der Waals surface area contributed by atoms with Crippen LogP contribution < -0.4 is 4.74 Å². The van der Waals surface area contributed by atoms with Gasteiger partial charge in [-0.1, -0.05) is 78.9 Å². The predicted molar refractivity (Wildman–Crippen MR) is 179 cm³/mol. The topological polar surface area (TPSA) is 62.6 Å². The van der Waals surface area contributed by atoms with Gasteiger partial charge in [0.2, 0.25) is 0 Å². The minimum atomic E-state index is -4.36. The average molecular weight is 649 g/mol. The monoisotopic (exact) mass is 648 g/mol. The second-order valence-electron chi connectivity index (χ2n) is 11.4. The Morgan fingerprint density at radius 2 is 1.31 bits per heavy atom. The average Bonchev–Trinajstić information content (AvgIpc) is 3.12. The maximum atomic E-state index is 12.9. The van der Waals surface area contributed by atoms with Crippen molar-refractivity contribution in [3.63, 3.8) is 0 Å². The molecule has 0 aromatic heterocycles. The highest BCUT2D eigenvalue weighted by Crippen LogP contribution is 2.31. The lowest BCUT2D eigenvalue weighted by Crippen LogP contribution is -2.28. The molecule has 0 N–H and O–H groups in total. The normalized spacial score (nSPS) is 11.2. The fourth-order valence-corrected chi connectivity index (χ4v) is 5.36. The van der Waals surface area contributed by atoms with Gasteiger partial charge in [0.15, 0.2) is 0 Å². The molecule has 0 aliphatic carbocycles. The lowest BCUT2D eigenvalue weighted by Gasteiger charge is -2.23. The minimum absolute atomic E-state index is 0.346. The first-order chi connectivity index (χ1) is 23.2. The zero-order valence-electron chi connectivity index (χ0n) is 26.5. The van der Waals surface area contributed by atoms with Crippen molar-refractivity contribution in [3.05, 3.63) is 160 Å². The Bertz CT molecular complexity index is 1830. The number of hydrogen-bond acceptors (Lipinski definition) is 5. The number of ether oxygens (including phenoxy) is 2. The minimum Gasteiger partial charge on any atom is -0.489 e. The molecule has 0 spiro atoms. The molecule has 0 aliphatic rings. The van der Waals surface area contributed by atoms with Crippen LogP contribution in [-0.4, -0.2) is 31.1 Å². The van der Waals surface area contributed by atoms with Crippen molar-refractivity contribution < 1.29 is 27.4 Å². The molecular weight excluding hydrogens is 613 g/mol. The summed E-state index contributed by atoms with van der Waals surface area (Å²) in [6.45, 7) is 2.58. The van der Waals surface area contributed by atoms with Gasteiger partial charge in [-0.15, -0.1) is 0 Å². The van der Waals surface area contributed by atoms with Crippen molar-refractivity contribution in [3.8, 4) is 22.9 Å². The summed E-state index contributed by atoms with van der Waals surface area (Å²) in [4.78, 5) is 14.3. The van der Waals surface area contributed by atoms with Crippen molar-refractivity contribution in [1.29, 1.82) is 5.26 Å². The Hall–Kier alpha value is -5.39. The van der Waals surface area contributed by atoms with E-state index in [1.807, 2.05) is 78.9 Å². The molecule has 8 heteroatoms. The highest BCUT2D eigenvalue weighted by Gasteiger charge is 2.30. The molecule has 0 fully saturated rings. The summed E-state index contributed by atoms with van der Waals surface area (Å²) in [7, 11) is 1.37. The van der Waals surface area contributed by atoms with Crippen molar-refractivity contribution in [2.75, 3.05) is 20.2 Å². The van der Waals surface area contributed by atoms with E-state index in [0.29, 0.717) is 29.8 Å². The first-order valence-electron chi connectivity index (χ1n) is 15.6. The molecule has 0 radical (unpaired) electrons. The number of para-hydroxylation sites is 1. The number of halogens is 3. The Balaban J connectivity index is 1.23. The number of carbonyl (C=O) groups excluding carboxylic acids is 1. The molecule has 0 saturated heterocycles. The summed E-state index contributed by atoms with van der Waals surface area (Å²) in [5.41, 5.74) is 6.25. The SMILES string of the molecule is COC(=O)c1ccc(CN(CCc2ccc(C#N)cc2)CCc2ccccc2OCc2ccc(-c3ccc(C(F)(F)F)cc3)cc2)cc1.